The fourth-order valence-electron chi connectivity index (χ4n) is 1.64. The molecule has 19 heavy (non-hydrogen) atoms. The molecule has 0 bridgehead atoms. The molecule has 0 saturated heterocycles. The van der Waals surface area contributed by atoms with Crippen LogP contribution in [0.4, 0.5) is 11.5 Å². The monoisotopic (exact) mass is 257 g/mol. The third-order valence-corrected chi connectivity index (χ3v) is 2.43. The molecule has 0 unspecified atom stereocenters. The van der Waals surface area contributed by atoms with Gasteiger partial charge >= 0.3 is 5.97 Å². The van der Waals surface area contributed by atoms with Crippen LogP contribution in [0.1, 0.15) is 17.4 Å². The van der Waals surface area contributed by atoms with Gasteiger partial charge in [0.2, 0.25) is 5.91 Å². The van der Waals surface area contributed by atoms with Gasteiger partial charge in [-0.2, -0.15) is 0 Å². The molecule has 1 N–H and O–H groups in total. The summed E-state index contributed by atoms with van der Waals surface area (Å²) in [5.41, 5.74) is 0.456. The molecule has 1 amide bonds. The van der Waals surface area contributed by atoms with E-state index in [1.54, 1.807) is 24.3 Å². The second-order valence-corrected chi connectivity index (χ2v) is 3.76. The summed E-state index contributed by atoms with van der Waals surface area (Å²) < 4.78 is 0. The number of carbonyl (C=O) groups excluding carboxylic acids is 1. The quantitative estimate of drug-likeness (QED) is 0.907. The van der Waals surface area contributed by atoms with Gasteiger partial charge in [-0.05, 0) is 12.1 Å². The van der Waals surface area contributed by atoms with Crippen LogP contribution >= 0.6 is 0 Å². The van der Waals surface area contributed by atoms with Gasteiger partial charge < -0.3 is 5.11 Å². The zero-order valence-electron chi connectivity index (χ0n) is 10.1. The van der Waals surface area contributed by atoms with Crippen LogP contribution in [0.25, 0.3) is 0 Å². The number of aromatic carboxylic acids is 1. The number of carbonyl (C=O) groups is 2. The maximum Gasteiger partial charge on any atom is 0.354 e. The first-order valence-electron chi connectivity index (χ1n) is 5.50. The lowest BCUT2D eigenvalue weighted by Crippen LogP contribution is -2.24. The Kier molecular flexibility index (Phi) is 3.51. The number of rotatable bonds is 3. The third kappa shape index (κ3) is 2.74. The van der Waals surface area contributed by atoms with Crippen molar-refractivity contribution in [2.45, 2.75) is 6.92 Å². The SMILES string of the molecule is CC(=O)N(c1ccccc1)c1cc(C(=O)O)ncn1. The number of amides is 1. The lowest BCUT2D eigenvalue weighted by Gasteiger charge is -2.19. The first-order chi connectivity index (χ1) is 9.09. The number of benzene rings is 1. The molecule has 0 saturated carbocycles. The second-order valence-electron chi connectivity index (χ2n) is 3.76. The van der Waals surface area contributed by atoms with Crippen molar-refractivity contribution in [2.75, 3.05) is 4.90 Å². The highest BCUT2D eigenvalue weighted by Gasteiger charge is 2.17. The number of hydrogen-bond acceptors (Lipinski definition) is 4. The molecule has 0 aliphatic rings. The Hall–Kier alpha value is -2.76. The van der Waals surface area contributed by atoms with Crippen molar-refractivity contribution in [3.63, 3.8) is 0 Å². The average molecular weight is 257 g/mol. The van der Waals surface area contributed by atoms with Gasteiger partial charge in [-0.15, -0.1) is 0 Å². The Balaban J connectivity index is 2.49. The molecule has 6 nitrogen and oxygen atoms in total. The fraction of sp³-hybridized carbons (Fsp3) is 0.0769. The van der Waals surface area contributed by atoms with E-state index in [-0.39, 0.29) is 17.4 Å². The van der Waals surface area contributed by atoms with Crippen molar-refractivity contribution < 1.29 is 14.7 Å². The molecule has 2 rings (SSSR count). The summed E-state index contributed by atoms with van der Waals surface area (Å²) in [4.78, 5) is 31.5. The topological polar surface area (TPSA) is 83.4 Å². The van der Waals surface area contributed by atoms with E-state index in [1.807, 2.05) is 6.07 Å². The standard InChI is InChI=1S/C13H11N3O3/c1-9(17)16(10-5-3-2-4-6-10)12-7-11(13(18)19)14-8-15-12/h2-8H,1H3,(H,18,19). The van der Waals surface area contributed by atoms with Crippen LogP contribution < -0.4 is 4.90 Å². The van der Waals surface area contributed by atoms with E-state index in [1.165, 1.54) is 17.9 Å². The predicted molar refractivity (Wildman–Crippen MR) is 68.3 cm³/mol. The molecule has 0 fully saturated rings. The van der Waals surface area contributed by atoms with E-state index in [0.29, 0.717) is 5.69 Å². The third-order valence-electron chi connectivity index (χ3n) is 2.43. The number of hydrogen-bond donors (Lipinski definition) is 1. The summed E-state index contributed by atoms with van der Waals surface area (Å²) in [6, 6.07) is 10.1. The molecule has 96 valence electrons. The Morgan fingerprint density at radius 3 is 2.42 bits per heavy atom. The Morgan fingerprint density at radius 1 is 1.16 bits per heavy atom. The van der Waals surface area contributed by atoms with Crippen LogP contribution in [0, 0.1) is 0 Å². The van der Waals surface area contributed by atoms with Crippen molar-refractivity contribution in [1.82, 2.24) is 9.97 Å². The molecule has 1 heterocycles. The molecule has 0 atom stereocenters. The number of para-hydroxylation sites is 1. The van der Waals surface area contributed by atoms with E-state index < -0.39 is 5.97 Å². The zero-order chi connectivity index (χ0) is 13.8. The number of aromatic nitrogens is 2. The van der Waals surface area contributed by atoms with Crippen molar-refractivity contribution >= 4 is 23.4 Å². The van der Waals surface area contributed by atoms with Gasteiger partial charge in [0.05, 0.1) is 5.69 Å². The van der Waals surface area contributed by atoms with E-state index in [0.717, 1.165) is 6.33 Å². The normalized spacial score (nSPS) is 9.95. The number of anilines is 2. The van der Waals surface area contributed by atoms with Crippen molar-refractivity contribution in [3.8, 4) is 0 Å². The zero-order valence-corrected chi connectivity index (χ0v) is 10.1. The molecular formula is C13H11N3O3. The molecular weight excluding hydrogens is 246 g/mol. The minimum Gasteiger partial charge on any atom is -0.477 e. The smallest absolute Gasteiger partial charge is 0.354 e. The van der Waals surface area contributed by atoms with Crippen molar-refractivity contribution in [2.24, 2.45) is 0 Å². The number of carboxylic acids is 1. The highest BCUT2D eigenvalue weighted by molar-refractivity contribution is 5.98. The Labute approximate surface area is 109 Å². The predicted octanol–water partition coefficient (Wildman–Crippen LogP) is 1.86. The van der Waals surface area contributed by atoms with Gasteiger partial charge in [-0.3, -0.25) is 9.69 Å². The minimum atomic E-state index is -1.17. The molecule has 0 aliphatic carbocycles. The molecule has 6 heteroatoms. The largest absolute Gasteiger partial charge is 0.477 e. The van der Waals surface area contributed by atoms with Gasteiger partial charge in [0.25, 0.3) is 0 Å². The molecule has 0 aliphatic heterocycles. The minimum absolute atomic E-state index is 0.160. The highest BCUT2D eigenvalue weighted by atomic mass is 16.4. The summed E-state index contributed by atoms with van der Waals surface area (Å²) in [5, 5.41) is 8.91. The first kappa shape index (κ1) is 12.7. The van der Waals surface area contributed by atoms with Crippen molar-refractivity contribution in [3.05, 3.63) is 48.4 Å². The Bertz CT molecular complexity index is 614. The molecule has 1 aromatic carbocycles. The molecule has 0 spiro atoms. The maximum absolute atomic E-state index is 11.7. The van der Waals surface area contributed by atoms with E-state index >= 15 is 0 Å². The molecule has 1 aromatic heterocycles. The highest BCUT2D eigenvalue weighted by Crippen LogP contribution is 2.23. The van der Waals surface area contributed by atoms with E-state index in [9.17, 15) is 9.59 Å². The summed E-state index contributed by atoms with van der Waals surface area (Å²) in [6.45, 7) is 1.38. The fourth-order valence-corrected chi connectivity index (χ4v) is 1.64. The van der Waals surface area contributed by atoms with E-state index in [4.69, 9.17) is 5.11 Å². The van der Waals surface area contributed by atoms with Crippen LogP contribution in [-0.4, -0.2) is 27.0 Å². The average Bonchev–Trinajstić information content (AvgIpc) is 2.40. The van der Waals surface area contributed by atoms with E-state index in [2.05, 4.69) is 9.97 Å². The van der Waals surface area contributed by atoms with Crippen LogP contribution in [0.3, 0.4) is 0 Å². The van der Waals surface area contributed by atoms with Crippen LogP contribution in [0.15, 0.2) is 42.7 Å². The summed E-state index contributed by atoms with van der Waals surface area (Å²) in [5.74, 6) is -1.20. The summed E-state index contributed by atoms with van der Waals surface area (Å²) in [6.07, 6.45) is 1.12. The van der Waals surface area contributed by atoms with Crippen LogP contribution in [0.2, 0.25) is 0 Å². The second kappa shape index (κ2) is 5.26. The molecule has 2 aromatic rings. The van der Waals surface area contributed by atoms with Crippen LogP contribution in [0.5, 0.6) is 0 Å². The maximum atomic E-state index is 11.7. The summed E-state index contributed by atoms with van der Waals surface area (Å²) >= 11 is 0. The van der Waals surface area contributed by atoms with Crippen LogP contribution in [-0.2, 0) is 4.79 Å². The number of nitrogens with zero attached hydrogens (tertiary/aromatic N) is 3. The van der Waals surface area contributed by atoms with Gasteiger partial charge in [-0.1, -0.05) is 18.2 Å². The van der Waals surface area contributed by atoms with Gasteiger partial charge in [0.15, 0.2) is 5.69 Å². The van der Waals surface area contributed by atoms with Crippen molar-refractivity contribution in [1.29, 1.82) is 0 Å². The lowest BCUT2D eigenvalue weighted by molar-refractivity contribution is -0.115. The lowest BCUT2D eigenvalue weighted by atomic mass is 10.2. The number of carboxylic acid groups (broad SMARTS) is 1. The first-order valence-corrected chi connectivity index (χ1v) is 5.50. The molecule has 0 radical (unpaired) electrons. The summed E-state index contributed by atoms with van der Waals surface area (Å²) in [7, 11) is 0. The van der Waals surface area contributed by atoms with Gasteiger partial charge in [0, 0.05) is 13.0 Å². The van der Waals surface area contributed by atoms with Gasteiger partial charge in [0.1, 0.15) is 12.1 Å². The Morgan fingerprint density at radius 2 is 1.84 bits per heavy atom. The van der Waals surface area contributed by atoms with Gasteiger partial charge in [-0.25, -0.2) is 14.8 Å².